The molecule has 0 N–H and O–H groups in total. The fraction of sp³-hybridized carbons (Fsp3) is 0.429. The molecule has 0 aliphatic heterocycles. The predicted molar refractivity (Wildman–Crippen MR) is 105 cm³/mol. The Morgan fingerprint density at radius 1 is 1.28 bits per heavy atom. The molecule has 0 bridgehead atoms. The van der Waals surface area contributed by atoms with Crippen molar-refractivity contribution in [2.45, 2.75) is 52.5 Å². The second-order valence-electron chi connectivity index (χ2n) is 7.19. The van der Waals surface area contributed by atoms with Gasteiger partial charge in [0.1, 0.15) is 4.92 Å². The van der Waals surface area contributed by atoms with Gasteiger partial charge >= 0.3 is 11.9 Å². The monoisotopic (exact) mass is 400 g/mol. The Morgan fingerprint density at radius 3 is 2.72 bits per heavy atom. The van der Waals surface area contributed by atoms with Gasteiger partial charge in [-0.1, -0.05) is 11.6 Å². The highest BCUT2D eigenvalue weighted by Gasteiger charge is 2.21. The van der Waals surface area contributed by atoms with Crippen LogP contribution in [0.4, 0.5) is 5.88 Å². The average molecular weight is 400 g/mol. The summed E-state index contributed by atoms with van der Waals surface area (Å²) in [5.74, 6) is -2.10. The largest absolute Gasteiger partial charge is 0.451 e. The second-order valence-corrected chi connectivity index (χ2v) is 7.19. The van der Waals surface area contributed by atoms with Gasteiger partial charge in [0.2, 0.25) is 11.5 Å². The van der Waals surface area contributed by atoms with Gasteiger partial charge in [-0.3, -0.25) is 14.9 Å². The molecule has 3 rings (SSSR count). The number of carbonyl (C=O) groups excluding carboxylic acids is 2. The van der Waals surface area contributed by atoms with Crippen LogP contribution in [-0.2, 0) is 11.3 Å². The van der Waals surface area contributed by atoms with Crippen LogP contribution in [0.2, 0.25) is 0 Å². The molecule has 2 aromatic rings. The zero-order chi connectivity index (χ0) is 21.0. The molecule has 0 aromatic carbocycles. The quantitative estimate of drug-likeness (QED) is 0.212. The zero-order valence-electron chi connectivity index (χ0n) is 16.6. The van der Waals surface area contributed by atoms with Crippen molar-refractivity contribution >= 4 is 17.6 Å². The van der Waals surface area contributed by atoms with Gasteiger partial charge in [0, 0.05) is 23.5 Å². The van der Waals surface area contributed by atoms with E-state index in [1.165, 1.54) is 18.4 Å². The molecule has 0 radical (unpaired) electrons. The second kappa shape index (κ2) is 8.89. The first-order valence-corrected chi connectivity index (χ1v) is 9.66. The highest BCUT2D eigenvalue weighted by molar-refractivity contribution is 6.00. The third-order valence-electron chi connectivity index (χ3n) is 5.22. The topological polar surface area (TPSA) is 105 Å². The van der Waals surface area contributed by atoms with Crippen molar-refractivity contribution in [3.63, 3.8) is 0 Å². The lowest BCUT2D eigenvalue weighted by atomic mass is 9.97. The van der Waals surface area contributed by atoms with Gasteiger partial charge in [0.05, 0.1) is 6.07 Å². The zero-order valence-corrected chi connectivity index (χ0v) is 16.6. The number of ether oxygens (including phenoxy) is 1. The summed E-state index contributed by atoms with van der Waals surface area (Å²) >= 11 is 0. The molecule has 8 nitrogen and oxygen atoms in total. The van der Waals surface area contributed by atoms with Gasteiger partial charge in [-0.05, 0) is 58.1 Å². The number of aryl methyl sites for hydroxylation is 1. The Bertz CT molecular complexity index is 966. The van der Waals surface area contributed by atoms with Crippen LogP contribution in [0.1, 0.15) is 64.4 Å². The average Bonchev–Trinajstić information content (AvgIpc) is 3.31. The number of aromatic nitrogens is 1. The first-order chi connectivity index (χ1) is 13.9. The van der Waals surface area contributed by atoms with E-state index in [-0.39, 0.29) is 11.5 Å². The molecule has 0 unspecified atom stereocenters. The van der Waals surface area contributed by atoms with Crippen LogP contribution in [-0.4, -0.2) is 27.8 Å². The maximum Gasteiger partial charge on any atom is 0.433 e. The number of hydrogen-bond donors (Lipinski definition) is 0. The van der Waals surface area contributed by atoms with Crippen LogP contribution in [0.3, 0.4) is 0 Å². The van der Waals surface area contributed by atoms with Crippen LogP contribution in [0.25, 0.3) is 0 Å². The van der Waals surface area contributed by atoms with E-state index < -0.39 is 23.4 Å². The molecule has 0 saturated heterocycles. The summed E-state index contributed by atoms with van der Waals surface area (Å²) in [7, 11) is 0. The normalized spacial score (nSPS) is 13.8. The van der Waals surface area contributed by atoms with Crippen LogP contribution in [0.5, 0.6) is 0 Å². The van der Waals surface area contributed by atoms with Crippen molar-refractivity contribution in [3.8, 4) is 0 Å². The minimum atomic E-state index is -0.913. The molecule has 2 aromatic heterocycles. The summed E-state index contributed by atoms with van der Waals surface area (Å²) in [5, 5.41) is 10.6. The number of allylic oxidation sites excluding steroid dienone is 2. The highest BCUT2D eigenvalue weighted by Crippen LogP contribution is 2.23. The molecule has 154 valence electrons. The lowest BCUT2D eigenvalue weighted by Gasteiger charge is -2.15. The molecule has 0 spiro atoms. The Balaban J connectivity index is 1.60. The summed E-state index contributed by atoms with van der Waals surface area (Å²) in [4.78, 5) is 34.4. The van der Waals surface area contributed by atoms with Gasteiger partial charge in [0.25, 0.3) is 0 Å². The van der Waals surface area contributed by atoms with Crippen molar-refractivity contribution in [2.24, 2.45) is 0 Å². The van der Waals surface area contributed by atoms with Crippen molar-refractivity contribution in [2.75, 3.05) is 6.61 Å². The van der Waals surface area contributed by atoms with E-state index in [0.29, 0.717) is 5.56 Å². The number of Topliss-reactive ketones (excluding diaryl/α,β-unsaturated/α-hetero) is 1. The van der Waals surface area contributed by atoms with Crippen LogP contribution < -0.4 is 0 Å². The number of ketones is 1. The first kappa shape index (κ1) is 20.6. The third kappa shape index (κ3) is 4.82. The molecule has 1 aliphatic carbocycles. The molecule has 8 heteroatoms. The third-order valence-corrected chi connectivity index (χ3v) is 5.22. The smallest absolute Gasteiger partial charge is 0.433 e. The summed E-state index contributed by atoms with van der Waals surface area (Å²) < 4.78 is 11.9. The molecule has 1 aliphatic rings. The maximum absolute atomic E-state index is 12.5. The van der Waals surface area contributed by atoms with E-state index >= 15 is 0 Å². The standard InChI is InChI=1S/C21H24N2O6/c1-14-12-17(15(2)22(14)11-10-16-6-4-3-5-7-16)18(24)13-28-21(25)19-8-9-20(29-19)23(26)27/h6,8-9,12H,3-5,7,10-11,13H2,1-2H3. The molecular formula is C21H24N2O6. The number of esters is 1. The van der Waals surface area contributed by atoms with Crippen molar-refractivity contribution in [3.05, 3.63) is 62.7 Å². The van der Waals surface area contributed by atoms with E-state index in [9.17, 15) is 19.7 Å². The van der Waals surface area contributed by atoms with Crippen molar-refractivity contribution in [1.29, 1.82) is 0 Å². The number of nitro groups is 1. The van der Waals surface area contributed by atoms with Gasteiger partial charge in [-0.25, -0.2) is 4.79 Å². The Kier molecular flexibility index (Phi) is 6.31. The molecule has 29 heavy (non-hydrogen) atoms. The molecule has 0 saturated carbocycles. The van der Waals surface area contributed by atoms with Gasteiger partial charge in [-0.15, -0.1) is 0 Å². The van der Waals surface area contributed by atoms with E-state index in [2.05, 4.69) is 10.6 Å². The molecule has 0 fully saturated rings. The van der Waals surface area contributed by atoms with Crippen molar-refractivity contribution < 1.29 is 23.7 Å². The Labute approximate surface area is 168 Å². The fourth-order valence-corrected chi connectivity index (χ4v) is 3.63. The van der Waals surface area contributed by atoms with Crippen LogP contribution in [0, 0.1) is 24.0 Å². The SMILES string of the molecule is Cc1cc(C(=O)COC(=O)c2ccc([N+](=O)[O-])o2)c(C)n1CCC1=CCCCC1. The van der Waals surface area contributed by atoms with E-state index in [1.54, 1.807) is 6.07 Å². The maximum atomic E-state index is 12.5. The molecule has 0 atom stereocenters. The van der Waals surface area contributed by atoms with Crippen LogP contribution >= 0.6 is 0 Å². The summed E-state index contributed by atoms with van der Waals surface area (Å²) in [6.45, 7) is 4.19. The fourth-order valence-electron chi connectivity index (χ4n) is 3.63. The van der Waals surface area contributed by atoms with E-state index in [0.717, 1.165) is 49.3 Å². The summed E-state index contributed by atoms with van der Waals surface area (Å²) in [5.41, 5.74) is 3.81. The van der Waals surface area contributed by atoms with E-state index in [1.807, 2.05) is 13.8 Å². The minimum absolute atomic E-state index is 0.310. The van der Waals surface area contributed by atoms with Gasteiger partial charge < -0.3 is 13.7 Å². The lowest BCUT2D eigenvalue weighted by molar-refractivity contribution is -0.402. The molecule has 2 heterocycles. The summed E-state index contributed by atoms with van der Waals surface area (Å²) in [6.07, 6.45) is 8.08. The number of furan rings is 1. The van der Waals surface area contributed by atoms with E-state index in [4.69, 9.17) is 9.15 Å². The van der Waals surface area contributed by atoms with Crippen molar-refractivity contribution in [1.82, 2.24) is 4.57 Å². The minimum Gasteiger partial charge on any atom is -0.451 e. The molecule has 0 amide bonds. The number of nitrogens with zero attached hydrogens (tertiary/aromatic N) is 2. The predicted octanol–water partition coefficient (Wildman–Crippen LogP) is 4.54. The van der Waals surface area contributed by atoms with Crippen LogP contribution in [0.15, 0.2) is 34.3 Å². The Morgan fingerprint density at radius 2 is 2.07 bits per heavy atom. The lowest BCUT2D eigenvalue weighted by Crippen LogP contribution is -2.15. The van der Waals surface area contributed by atoms with Gasteiger partial charge in [0.15, 0.2) is 6.61 Å². The van der Waals surface area contributed by atoms with Gasteiger partial charge in [-0.2, -0.15) is 0 Å². The Hall–Kier alpha value is -3.16. The highest BCUT2D eigenvalue weighted by atomic mass is 16.7. The summed E-state index contributed by atoms with van der Waals surface area (Å²) in [6, 6.07) is 4.02. The number of rotatable bonds is 8. The number of hydrogen-bond acceptors (Lipinski definition) is 6. The first-order valence-electron chi connectivity index (χ1n) is 9.66. The molecular weight excluding hydrogens is 376 g/mol. The number of carbonyl (C=O) groups is 2.